The molecule has 2 aromatic heterocycles. The second-order valence-corrected chi connectivity index (χ2v) is 19.9. The van der Waals surface area contributed by atoms with E-state index < -0.39 is 0 Å². The number of hydrogen-bond acceptors (Lipinski definition) is 4. The smallest absolute Gasteiger partial charge is 0.164 e. The van der Waals surface area contributed by atoms with Crippen LogP contribution >= 0.6 is 0 Å². The zero-order valence-electron chi connectivity index (χ0n) is 39.2. The topological polar surface area (TPSA) is 52.8 Å². The Morgan fingerprint density at radius 2 is 1.52 bits per heavy atom. The molecule has 3 heterocycles. The number of para-hydroxylation sites is 2. The van der Waals surface area contributed by atoms with Crippen LogP contribution in [-0.4, -0.2) is 25.6 Å². The van der Waals surface area contributed by atoms with Gasteiger partial charge in [-0.15, -0.1) is 0 Å². The van der Waals surface area contributed by atoms with Gasteiger partial charge in [-0.3, -0.25) is 0 Å². The molecule has 6 aliphatic carbocycles. The number of allylic oxidation sites excluding steroid dienone is 16. The molecule has 4 aromatic carbocycles. The van der Waals surface area contributed by atoms with Gasteiger partial charge in [-0.25, -0.2) is 15.0 Å². The van der Waals surface area contributed by atoms with E-state index in [1.807, 2.05) is 0 Å². The first-order valence-electron chi connectivity index (χ1n) is 25.3. The molecular weight excluding hydrogens is 841 g/mol. The van der Waals surface area contributed by atoms with Crippen LogP contribution in [0.5, 0.6) is 0 Å². The zero-order chi connectivity index (χ0) is 45.8. The molecule has 0 saturated carbocycles. The first kappa shape index (κ1) is 41.9. The van der Waals surface area contributed by atoms with Crippen molar-refractivity contribution in [2.24, 2.45) is 17.8 Å². The maximum absolute atomic E-state index is 7.16. The summed E-state index contributed by atoms with van der Waals surface area (Å²) >= 11 is 0. The van der Waals surface area contributed by atoms with E-state index in [1.165, 1.54) is 73.2 Å². The van der Waals surface area contributed by atoms with Gasteiger partial charge in [-0.1, -0.05) is 165 Å². The highest BCUT2D eigenvalue weighted by molar-refractivity contribution is 5.92. The van der Waals surface area contributed by atoms with Gasteiger partial charge in [0.25, 0.3) is 0 Å². The molecule has 0 radical (unpaired) electrons. The van der Waals surface area contributed by atoms with Crippen LogP contribution in [0.25, 0.3) is 50.5 Å². The zero-order valence-corrected chi connectivity index (χ0v) is 39.2. The molecule has 7 atom stereocenters. The molecule has 13 rings (SSSR count). The van der Waals surface area contributed by atoms with E-state index in [0.29, 0.717) is 11.8 Å². The van der Waals surface area contributed by atoms with Gasteiger partial charge >= 0.3 is 0 Å². The maximum Gasteiger partial charge on any atom is 0.164 e. The number of benzene rings is 4. The number of fused-ring (bicyclic) bond motifs is 7. The van der Waals surface area contributed by atoms with E-state index >= 15 is 0 Å². The monoisotopic (exact) mass is 896 g/mol. The Morgan fingerprint density at radius 3 is 2.36 bits per heavy atom. The van der Waals surface area contributed by atoms with E-state index in [-0.39, 0.29) is 30.0 Å². The predicted octanol–water partition coefficient (Wildman–Crippen LogP) is 15.4. The van der Waals surface area contributed by atoms with Crippen LogP contribution in [0.3, 0.4) is 0 Å². The predicted molar refractivity (Wildman–Crippen MR) is 282 cm³/mol. The van der Waals surface area contributed by atoms with Crippen LogP contribution in [0, 0.1) is 17.8 Å². The molecule has 0 amide bonds. The highest BCUT2D eigenvalue weighted by atomic mass is 16.5. The Bertz CT molecular complexity index is 3330. The maximum atomic E-state index is 7.16. The summed E-state index contributed by atoms with van der Waals surface area (Å²) in [6.45, 7) is 2.35. The normalized spacial score (nSPS) is 25.6. The molecule has 7 unspecified atom stereocenters. The second-order valence-electron chi connectivity index (χ2n) is 19.9. The van der Waals surface area contributed by atoms with Crippen molar-refractivity contribution in [2.75, 3.05) is 0 Å². The number of ether oxygens (including phenoxy) is 1. The Hall–Kier alpha value is -7.21. The number of nitrogens with zero attached hydrogens (tertiary/aromatic N) is 4. The van der Waals surface area contributed by atoms with Crippen LogP contribution in [0.1, 0.15) is 110 Å². The van der Waals surface area contributed by atoms with Gasteiger partial charge in [0.05, 0.1) is 23.4 Å². The standard InChI is InChI=1S/C64H56N4O/c1-41-17-16-24-47(37-41)50-32-29-45(38-54(50)42-18-6-2-7-19-42)46-30-33-51(56(39-46)64-66-62(43-20-8-3-9-21-43)65-63(67-64)44-22-10-4-11-23-44)48-31-36-59-55(40-48)52-34-35-58-60(61(52)69-59)53-27-14-15-28-57(53)68(58)49-25-12-5-13-26-49/h2-3,5-10,12-20,22-23,25-29,31-32,34-36,38-41,43,47,52,55,59,61H,4,11,21,24,30,33,37H2,1H3. The summed E-state index contributed by atoms with van der Waals surface area (Å²) in [5, 5.41) is 1.26. The average Bonchev–Trinajstić information content (AvgIpc) is 3.97. The van der Waals surface area contributed by atoms with E-state index in [1.54, 1.807) is 0 Å². The fourth-order valence-corrected chi connectivity index (χ4v) is 12.3. The lowest BCUT2D eigenvalue weighted by Crippen LogP contribution is -2.20. The SMILES string of the molecule is CC1C=CCC(c2ccc(C3=CC(c4nc(C5=CCCC=C5)nc(C5C=CC=CC5)n4)=C(C4=CC5C(C=C4)OC4c6c(n(-c7ccccc7)c7ccccc67)C=CC45)CC3)cc2-c2ccccc2)C1. The molecular formula is C64H56N4O. The van der Waals surface area contributed by atoms with Crippen molar-refractivity contribution in [1.29, 1.82) is 0 Å². The van der Waals surface area contributed by atoms with Crippen molar-refractivity contribution in [2.45, 2.75) is 75.9 Å². The number of rotatable bonds is 8. The van der Waals surface area contributed by atoms with Crippen molar-refractivity contribution in [3.05, 3.63) is 239 Å². The summed E-state index contributed by atoms with van der Waals surface area (Å²) in [6.07, 6.45) is 41.5. The average molecular weight is 897 g/mol. The molecule has 338 valence electrons. The van der Waals surface area contributed by atoms with Gasteiger partial charge in [-0.05, 0) is 132 Å². The molecule has 6 aromatic rings. The molecule has 5 nitrogen and oxygen atoms in total. The summed E-state index contributed by atoms with van der Waals surface area (Å²) in [7, 11) is 0. The van der Waals surface area contributed by atoms with Crippen molar-refractivity contribution in [3.63, 3.8) is 0 Å². The Kier molecular flexibility index (Phi) is 10.8. The molecule has 1 fully saturated rings. The summed E-state index contributed by atoms with van der Waals surface area (Å²) in [4.78, 5) is 16.1. The second kappa shape index (κ2) is 17.7. The van der Waals surface area contributed by atoms with E-state index in [9.17, 15) is 0 Å². The lowest BCUT2D eigenvalue weighted by atomic mass is 9.76. The van der Waals surface area contributed by atoms with Crippen molar-refractivity contribution in [1.82, 2.24) is 19.5 Å². The first-order chi connectivity index (χ1) is 34.1. The van der Waals surface area contributed by atoms with Crippen molar-refractivity contribution >= 4 is 33.7 Å². The molecule has 1 saturated heterocycles. The third-order valence-corrected chi connectivity index (χ3v) is 15.6. The fraction of sp³-hybridized carbons (Fsp3) is 0.234. The number of hydrogen-bond donors (Lipinski definition) is 0. The number of aromatic nitrogens is 4. The Morgan fingerprint density at radius 1 is 0.667 bits per heavy atom. The van der Waals surface area contributed by atoms with E-state index in [0.717, 1.165) is 67.1 Å². The van der Waals surface area contributed by atoms with Gasteiger partial charge in [0.1, 0.15) is 5.82 Å². The van der Waals surface area contributed by atoms with Gasteiger partial charge in [-0.2, -0.15) is 0 Å². The third-order valence-electron chi connectivity index (χ3n) is 15.6. The quantitative estimate of drug-likeness (QED) is 0.143. The Balaban J connectivity index is 0.946. The minimum absolute atomic E-state index is 0.0268. The summed E-state index contributed by atoms with van der Waals surface area (Å²) in [5.41, 5.74) is 16.2. The molecule has 7 aliphatic rings. The highest BCUT2D eigenvalue weighted by Crippen LogP contribution is 2.54. The minimum atomic E-state index is -0.0564. The molecule has 0 bridgehead atoms. The van der Waals surface area contributed by atoms with E-state index in [2.05, 4.69) is 206 Å². The molecule has 0 spiro atoms. The largest absolute Gasteiger partial charge is 0.365 e. The molecule has 1 aliphatic heterocycles. The van der Waals surface area contributed by atoms with Crippen LogP contribution in [0.2, 0.25) is 0 Å². The summed E-state index contributed by atoms with van der Waals surface area (Å²) < 4.78 is 9.57. The van der Waals surface area contributed by atoms with Gasteiger partial charge in [0, 0.05) is 45.5 Å². The van der Waals surface area contributed by atoms with Gasteiger partial charge in [0.2, 0.25) is 0 Å². The van der Waals surface area contributed by atoms with Crippen LogP contribution < -0.4 is 0 Å². The van der Waals surface area contributed by atoms with Crippen molar-refractivity contribution < 1.29 is 4.74 Å². The lowest BCUT2D eigenvalue weighted by Gasteiger charge is -2.28. The van der Waals surface area contributed by atoms with Crippen LogP contribution in [0.4, 0.5) is 0 Å². The lowest BCUT2D eigenvalue weighted by molar-refractivity contribution is 0.0593. The van der Waals surface area contributed by atoms with Crippen LogP contribution in [-0.2, 0) is 4.74 Å². The third kappa shape index (κ3) is 7.64. The summed E-state index contributed by atoms with van der Waals surface area (Å²) in [5.74, 6) is 3.85. The molecule has 0 N–H and O–H groups in total. The first-order valence-corrected chi connectivity index (χ1v) is 25.3. The van der Waals surface area contributed by atoms with Crippen molar-refractivity contribution in [3.8, 4) is 16.8 Å². The van der Waals surface area contributed by atoms with Gasteiger partial charge in [0.15, 0.2) is 11.6 Å². The fourth-order valence-electron chi connectivity index (χ4n) is 12.3. The molecule has 69 heavy (non-hydrogen) atoms. The minimum Gasteiger partial charge on any atom is -0.365 e. The van der Waals surface area contributed by atoms with Gasteiger partial charge < -0.3 is 9.30 Å². The van der Waals surface area contributed by atoms with E-state index in [4.69, 9.17) is 19.7 Å². The molecule has 5 heteroatoms. The van der Waals surface area contributed by atoms with Crippen LogP contribution in [0.15, 0.2) is 199 Å². The summed E-state index contributed by atoms with van der Waals surface area (Å²) in [6, 6.07) is 37.9. The highest BCUT2D eigenvalue weighted by Gasteiger charge is 2.46. The Labute approximate surface area is 405 Å².